The average Bonchev–Trinajstić information content (AvgIpc) is 2.97. The zero-order chi connectivity index (χ0) is 12.9. The fourth-order valence-corrected chi connectivity index (χ4v) is 3.57. The van der Waals surface area contributed by atoms with Gasteiger partial charge >= 0.3 is 5.97 Å². The highest BCUT2D eigenvalue weighted by atomic mass is 16.4. The Hall–Kier alpha value is -1.65. The molecule has 18 heavy (non-hydrogen) atoms. The summed E-state index contributed by atoms with van der Waals surface area (Å²) in [6.07, 6.45) is 5.37. The number of carbonyl (C=O) groups excluding carboxylic acids is 2. The fourth-order valence-electron chi connectivity index (χ4n) is 3.57. The van der Waals surface area contributed by atoms with Crippen LogP contribution < -0.4 is 0 Å². The number of carboxylic acid groups (broad SMARTS) is 1. The maximum Gasteiger partial charge on any atom is 0.303 e. The number of allylic oxidation sites excluding steroid dienone is 2. The van der Waals surface area contributed by atoms with Crippen molar-refractivity contribution < 1.29 is 19.5 Å². The average molecular weight is 249 g/mol. The Morgan fingerprint density at radius 2 is 1.78 bits per heavy atom. The van der Waals surface area contributed by atoms with Gasteiger partial charge in [-0.2, -0.15) is 0 Å². The number of carboxylic acids is 1. The number of hydrogen-bond acceptors (Lipinski definition) is 3. The van der Waals surface area contributed by atoms with Crippen LogP contribution in [0.5, 0.6) is 0 Å². The minimum Gasteiger partial charge on any atom is -0.481 e. The molecule has 2 aliphatic carbocycles. The van der Waals surface area contributed by atoms with Crippen LogP contribution in [0.4, 0.5) is 0 Å². The lowest BCUT2D eigenvalue weighted by molar-refractivity contribution is -0.142. The number of hydrogen-bond donors (Lipinski definition) is 1. The van der Waals surface area contributed by atoms with Gasteiger partial charge in [-0.1, -0.05) is 12.2 Å². The van der Waals surface area contributed by atoms with Crippen LogP contribution in [0.2, 0.25) is 0 Å². The molecule has 0 aromatic carbocycles. The first-order valence-corrected chi connectivity index (χ1v) is 6.35. The summed E-state index contributed by atoms with van der Waals surface area (Å²) < 4.78 is 0. The van der Waals surface area contributed by atoms with Crippen LogP contribution in [0.15, 0.2) is 12.2 Å². The van der Waals surface area contributed by atoms with Gasteiger partial charge in [-0.3, -0.25) is 19.3 Å². The molecular formula is C13H15NO4. The van der Waals surface area contributed by atoms with Gasteiger partial charge in [-0.25, -0.2) is 0 Å². The summed E-state index contributed by atoms with van der Waals surface area (Å²) >= 11 is 0. The number of imide groups is 1. The van der Waals surface area contributed by atoms with E-state index in [4.69, 9.17) is 5.11 Å². The Kier molecular flexibility index (Phi) is 2.50. The smallest absolute Gasteiger partial charge is 0.303 e. The van der Waals surface area contributed by atoms with Gasteiger partial charge in [0.25, 0.3) is 0 Å². The summed E-state index contributed by atoms with van der Waals surface area (Å²) in [5.41, 5.74) is 0. The van der Waals surface area contributed by atoms with Crippen molar-refractivity contribution in [3.63, 3.8) is 0 Å². The lowest BCUT2D eigenvalue weighted by Crippen LogP contribution is -2.34. The molecule has 2 amide bonds. The molecular weight excluding hydrogens is 234 g/mol. The quantitative estimate of drug-likeness (QED) is 0.586. The molecule has 4 unspecified atom stereocenters. The van der Waals surface area contributed by atoms with E-state index in [0.29, 0.717) is 6.42 Å². The van der Waals surface area contributed by atoms with Crippen molar-refractivity contribution in [2.24, 2.45) is 23.7 Å². The summed E-state index contributed by atoms with van der Waals surface area (Å²) in [5, 5.41) is 8.58. The van der Waals surface area contributed by atoms with E-state index in [1.165, 1.54) is 4.90 Å². The number of likely N-dealkylation sites (tertiary alicyclic amines) is 1. The van der Waals surface area contributed by atoms with E-state index in [-0.39, 0.29) is 48.5 Å². The molecule has 3 rings (SSSR count). The SMILES string of the molecule is O=C(O)CCCN1C(=O)C2C3C=CC(C3)C2C1=O. The van der Waals surface area contributed by atoms with Crippen LogP contribution in [-0.4, -0.2) is 34.3 Å². The number of aliphatic carboxylic acids is 1. The highest BCUT2D eigenvalue weighted by Gasteiger charge is 2.58. The Morgan fingerprint density at radius 1 is 1.22 bits per heavy atom. The molecule has 1 N–H and O–H groups in total. The van der Waals surface area contributed by atoms with E-state index in [1.54, 1.807) is 0 Å². The van der Waals surface area contributed by atoms with Crippen LogP contribution in [0.25, 0.3) is 0 Å². The molecule has 1 aliphatic heterocycles. The number of rotatable bonds is 4. The monoisotopic (exact) mass is 249 g/mol. The third-order valence-corrected chi connectivity index (χ3v) is 4.33. The minimum absolute atomic E-state index is 0.00248. The molecule has 5 heteroatoms. The van der Waals surface area contributed by atoms with Gasteiger partial charge < -0.3 is 5.11 Å². The molecule has 1 saturated carbocycles. The van der Waals surface area contributed by atoms with E-state index in [2.05, 4.69) is 12.2 Å². The summed E-state index contributed by atoms with van der Waals surface area (Å²) in [7, 11) is 0. The normalized spacial score (nSPS) is 36.6. The number of carbonyl (C=O) groups is 3. The van der Waals surface area contributed by atoms with Crippen LogP contribution in [0.3, 0.4) is 0 Å². The highest BCUT2D eigenvalue weighted by Crippen LogP contribution is 2.52. The predicted octanol–water partition coefficient (Wildman–Crippen LogP) is 0.658. The Bertz CT molecular complexity index is 426. The molecule has 1 saturated heterocycles. The van der Waals surface area contributed by atoms with Crippen LogP contribution >= 0.6 is 0 Å². The van der Waals surface area contributed by atoms with E-state index < -0.39 is 5.97 Å². The standard InChI is InChI=1S/C13H15NO4/c15-9(16)2-1-5-14-12(17)10-7-3-4-8(6-7)11(10)13(14)18/h3-4,7-8,10-11H,1-2,5-6H2,(H,15,16). The second-order valence-electron chi connectivity index (χ2n) is 5.33. The second kappa shape index (κ2) is 3.93. The number of fused-ring (bicyclic) bond motifs is 5. The third-order valence-electron chi connectivity index (χ3n) is 4.33. The van der Waals surface area contributed by atoms with E-state index in [9.17, 15) is 14.4 Å². The van der Waals surface area contributed by atoms with Crippen LogP contribution in [-0.2, 0) is 14.4 Å². The van der Waals surface area contributed by atoms with Crippen LogP contribution in [0, 0.1) is 23.7 Å². The molecule has 96 valence electrons. The number of nitrogens with zero attached hydrogens (tertiary/aromatic N) is 1. The molecule has 2 fully saturated rings. The molecule has 5 nitrogen and oxygen atoms in total. The van der Waals surface area contributed by atoms with Gasteiger partial charge in [0.2, 0.25) is 11.8 Å². The molecule has 1 heterocycles. The van der Waals surface area contributed by atoms with Gasteiger partial charge in [-0.05, 0) is 24.7 Å². The Morgan fingerprint density at radius 3 is 2.28 bits per heavy atom. The zero-order valence-corrected chi connectivity index (χ0v) is 9.91. The lowest BCUT2D eigenvalue weighted by Gasteiger charge is -2.16. The fraction of sp³-hybridized carbons (Fsp3) is 0.615. The largest absolute Gasteiger partial charge is 0.481 e. The first-order valence-electron chi connectivity index (χ1n) is 6.35. The van der Waals surface area contributed by atoms with Gasteiger partial charge in [0.1, 0.15) is 0 Å². The summed E-state index contributed by atoms with van der Waals surface area (Å²) in [6.45, 7) is 0.246. The van der Waals surface area contributed by atoms with Gasteiger partial charge in [0.05, 0.1) is 11.8 Å². The van der Waals surface area contributed by atoms with Crippen molar-refractivity contribution in [1.29, 1.82) is 0 Å². The molecule has 0 aromatic rings. The maximum atomic E-state index is 12.2. The maximum absolute atomic E-state index is 12.2. The second-order valence-corrected chi connectivity index (χ2v) is 5.33. The molecule has 0 radical (unpaired) electrons. The molecule has 0 aromatic heterocycles. The van der Waals surface area contributed by atoms with Gasteiger partial charge in [-0.15, -0.1) is 0 Å². The topological polar surface area (TPSA) is 74.7 Å². The number of amides is 2. The lowest BCUT2D eigenvalue weighted by atomic mass is 9.85. The van der Waals surface area contributed by atoms with Crippen LogP contribution in [0.1, 0.15) is 19.3 Å². The minimum atomic E-state index is -0.893. The van der Waals surface area contributed by atoms with E-state index in [1.807, 2.05) is 0 Å². The zero-order valence-electron chi connectivity index (χ0n) is 9.91. The van der Waals surface area contributed by atoms with Crippen molar-refractivity contribution >= 4 is 17.8 Å². The van der Waals surface area contributed by atoms with Crippen molar-refractivity contribution in [3.8, 4) is 0 Å². The van der Waals surface area contributed by atoms with Crippen molar-refractivity contribution in [1.82, 2.24) is 4.90 Å². The van der Waals surface area contributed by atoms with Gasteiger partial charge in [0, 0.05) is 13.0 Å². The molecule has 4 atom stereocenters. The van der Waals surface area contributed by atoms with Gasteiger partial charge in [0.15, 0.2) is 0 Å². The summed E-state index contributed by atoms with van der Waals surface area (Å²) in [4.78, 5) is 36.1. The van der Waals surface area contributed by atoms with Crippen molar-refractivity contribution in [2.75, 3.05) is 6.54 Å². The van der Waals surface area contributed by atoms with Crippen molar-refractivity contribution in [3.05, 3.63) is 12.2 Å². The van der Waals surface area contributed by atoms with Crippen molar-refractivity contribution in [2.45, 2.75) is 19.3 Å². The Balaban J connectivity index is 1.70. The van der Waals surface area contributed by atoms with E-state index in [0.717, 1.165) is 6.42 Å². The molecule has 0 spiro atoms. The Labute approximate surface area is 104 Å². The predicted molar refractivity (Wildman–Crippen MR) is 61.3 cm³/mol. The third kappa shape index (κ3) is 1.50. The highest BCUT2D eigenvalue weighted by molar-refractivity contribution is 6.06. The molecule has 3 aliphatic rings. The van der Waals surface area contributed by atoms with E-state index >= 15 is 0 Å². The first-order chi connectivity index (χ1) is 8.59. The molecule has 2 bridgehead atoms. The first kappa shape index (κ1) is 11.4. The summed E-state index contributed by atoms with van der Waals surface area (Å²) in [5.74, 6) is -0.966. The summed E-state index contributed by atoms with van der Waals surface area (Å²) in [6, 6.07) is 0.